The van der Waals surface area contributed by atoms with Crippen molar-refractivity contribution in [3.63, 3.8) is 0 Å². The van der Waals surface area contributed by atoms with Crippen LogP contribution in [0, 0.1) is 11.3 Å². The number of piperidine rings is 1. The van der Waals surface area contributed by atoms with Gasteiger partial charge < -0.3 is 24.1 Å². The number of ether oxygens (including phenoxy) is 1. The minimum absolute atomic E-state index is 0.107. The van der Waals surface area contributed by atoms with Gasteiger partial charge in [0.1, 0.15) is 17.6 Å². The van der Waals surface area contributed by atoms with Crippen molar-refractivity contribution in [3.8, 4) is 28.1 Å². The molecule has 2 atom stereocenters. The van der Waals surface area contributed by atoms with Gasteiger partial charge in [-0.1, -0.05) is 57.0 Å². The summed E-state index contributed by atoms with van der Waals surface area (Å²) in [5.41, 5.74) is -0.977. The molecule has 14 heteroatoms. The van der Waals surface area contributed by atoms with Crippen LogP contribution in [0.2, 0.25) is 0 Å². The number of H-pyrrole nitrogens is 1. The minimum atomic E-state index is -5.80. The van der Waals surface area contributed by atoms with Gasteiger partial charge in [0.25, 0.3) is 0 Å². The topological polar surface area (TPSA) is 131 Å². The van der Waals surface area contributed by atoms with Crippen LogP contribution < -0.4 is 9.50 Å². The fraction of sp³-hybridized carbons (Fsp3) is 0.514. The van der Waals surface area contributed by atoms with Gasteiger partial charge in [0.15, 0.2) is 0 Å². The quantitative estimate of drug-likeness (QED) is 0.190. The molecule has 1 saturated carbocycles. The zero-order valence-corrected chi connectivity index (χ0v) is 28.5. The van der Waals surface area contributed by atoms with E-state index < -0.39 is 27.8 Å². The molecule has 2 aliphatic carbocycles. The van der Waals surface area contributed by atoms with E-state index in [9.17, 15) is 31.2 Å². The molecule has 2 N–H and O–H groups in total. The molecule has 49 heavy (non-hydrogen) atoms. The van der Waals surface area contributed by atoms with Crippen LogP contribution in [0.5, 0.6) is 5.75 Å². The number of methoxy groups -OCH3 is 1. The highest BCUT2D eigenvalue weighted by atomic mass is 32.2. The number of hydrogen-bond acceptors (Lipinski definition) is 7. The van der Waals surface area contributed by atoms with Gasteiger partial charge in [0.2, 0.25) is 5.91 Å². The predicted molar refractivity (Wildman–Crippen MR) is 176 cm³/mol. The average Bonchev–Trinajstić information content (AvgIpc) is 3.83. The standard InChI is InChI=1S/C35H41F3N4O6S/c1-21(2)30(41-33(44)47-3)32(43)42-17-7-4-8-28(42)31-39-20-27(40-31)23-11-9-22(10-12-23)24-13-14-29(48-49(45,46)35(36,37)38)26-19-34(18-25(24)26)15-5-6-16-34/h9-14,20-21,28,30H,4-8,15-19H2,1-3H3,(H,39,40)(H,41,44)/t28-,30-/m0/s1. The van der Waals surface area contributed by atoms with Crippen molar-refractivity contribution < 1.29 is 40.1 Å². The van der Waals surface area contributed by atoms with Crippen LogP contribution in [-0.4, -0.2) is 60.5 Å². The maximum Gasteiger partial charge on any atom is 0.534 e. The number of carbonyl (C=O) groups excluding carboxylic acids is 2. The Balaban J connectivity index is 1.25. The molecule has 3 aromatic rings. The van der Waals surface area contributed by atoms with Gasteiger partial charge in [0.05, 0.1) is 25.0 Å². The first-order valence-electron chi connectivity index (χ1n) is 16.7. The summed E-state index contributed by atoms with van der Waals surface area (Å²) >= 11 is 0. The Morgan fingerprint density at radius 2 is 1.67 bits per heavy atom. The Bertz CT molecular complexity index is 1820. The number of nitrogens with zero attached hydrogens (tertiary/aromatic N) is 2. The van der Waals surface area contributed by atoms with Gasteiger partial charge in [-0.05, 0) is 84.6 Å². The number of fused-ring (bicyclic) bond motifs is 1. The highest BCUT2D eigenvalue weighted by Gasteiger charge is 2.50. The Kier molecular flexibility index (Phi) is 9.46. The summed E-state index contributed by atoms with van der Waals surface area (Å²) in [4.78, 5) is 35.4. The summed E-state index contributed by atoms with van der Waals surface area (Å²) in [6, 6.07) is 9.67. The summed E-state index contributed by atoms with van der Waals surface area (Å²) in [6.45, 7) is 4.28. The molecule has 1 saturated heterocycles. The van der Waals surface area contributed by atoms with Crippen LogP contribution in [0.4, 0.5) is 18.0 Å². The molecule has 0 radical (unpaired) electrons. The third-order valence-corrected chi connectivity index (χ3v) is 11.2. The van der Waals surface area contributed by atoms with Crippen molar-refractivity contribution in [3.05, 3.63) is 59.5 Å². The molecule has 0 bridgehead atoms. The number of aromatic amines is 1. The van der Waals surface area contributed by atoms with Gasteiger partial charge in [-0.3, -0.25) is 4.79 Å². The second-order valence-electron chi connectivity index (χ2n) is 13.8. The van der Waals surface area contributed by atoms with Crippen molar-refractivity contribution in [2.75, 3.05) is 13.7 Å². The number of amides is 2. The number of imidazole rings is 1. The summed E-state index contributed by atoms with van der Waals surface area (Å²) in [5, 5.41) is 2.67. The van der Waals surface area contributed by atoms with Crippen LogP contribution in [0.25, 0.3) is 22.4 Å². The number of carbonyl (C=O) groups is 2. The smallest absolute Gasteiger partial charge is 0.453 e. The first kappa shape index (κ1) is 34.8. The van der Waals surface area contributed by atoms with Gasteiger partial charge in [-0.2, -0.15) is 21.6 Å². The number of nitrogens with one attached hydrogen (secondary N) is 2. The molecule has 1 aromatic heterocycles. The number of likely N-dealkylation sites (tertiary alicyclic amines) is 1. The molecule has 10 nitrogen and oxygen atoms in total. The maximum atomic E-state index is 13.6. The van der Waals surface area contributed by atoms with E-state index in [0.717, 1.165) is 72.9 Å². The fourth-order valence-corrected chi connectivity index (χ4v) is 8.20. The van der Waals surface area contributed by atoms with Crippen molar-refractivity contribution in [2.24, 2.45) is 11.3 Å². The van der Waals surface area contributed by atoms with E-state index in [0.29, 0.717) is 30.8 Å². The molecule has 0 unspecified atom stereocenters. The number of rotatable bonds is 8. The van der Waals surface area contributed by atoms with Crippen molar-refractivity contribution in [1.82, 2.24) is 20.2 Å². The molecule has 264 valence electrons. The molecule has 1 spiro atoms. The predicted octanol–water partition coefficient (Wildman–Crippen LogP) is 7.07. The van der Waals surface area contributed by atoms with Gasteiger partial charge in [0, 0.05) is 12.1 Å². The van der Waals surface area contributed by atoms with Crippen LogP contribution in [0.15, 0.2) is 42.6 Å². The first-order chi connectivity index (χ1) is 23.2. The Morgan fingerprint density at radius 1 is 1.00 bits per heavy atom. The SMILES string of the molecule is COC(=O)N[C@H](C(=O)N1CCCC[C@H]1c1ncc(-c2ccc(-c3ccc(OS(=O)(=O)C(F)(F)F)c4c3CC3(CCCC3)C4)cc2)[nH]1)C(C)C. The van der Waals surface area contributed by atoms with Crippen LogP contribution in [0.1, 0.15) is 81.8 Å². The largest absolute Gasteiger partial charge is 0.534 e. The Morgan fingerprint density at radius 3 is 2.33 bits per heavy atom. The lowest BCUT2D eigenvalue weighted by Crippen LogP contribution is -2.53. The summed E-state index contributed by atoms with van der Waals surface area (Å²) in [5.74, 6) is 0.0578. The van der Waals surface area contributed by atoms with Crippen molar-refractivity contribution in [2.45, 2.75) is 89.2 Å². The Labute approximate surface area is 283 Å². The maximum absolute atomic E-state index is 13.6. The Hall–Kier alpha value is -4.07. The monoisotopic (exact) mass is 702 g/mol. The van der Waals surface area contributed by atoms with E-state index in [1.54, 1.807) is 17.2 Å². The van der Waals surface area contributed by atoms with E-state index >= 15 is 0 Å². The van der Waals surface area contributed by atoms with E-state index in [2.05, 4.69) is 19.5 Å². The second kappa shape index (κ2) is 13.3. The second-order valence-corrected chi connectivity index (χ2v) is 15.3. The van der Waals surface area contributed by atoms with E-state index in [1.807, 2.05) is 38.1 Å². The zero-order chi connectivity index (χ0) is 35.1. The fourth-order valence-electron chi connectivity index (χ4n) is 7.71. The van der Waals surface area contributed by atoms with Crippen LogP contribution >= 0.6 is 0 Å². The third kappa shape index (κ3) is 6.88. The van der Waals surface area contributed by atoms with E-state index in [-0.39, 0.29) is 29.0 Å². The zero-order valence-electron chi connectivity index (χ0n) is 27.7. The molecule has 2 aromatic carbocycles. The first-order valence-corrected chi connectivity index (χ1v) is 18.1. The van der Waals surface area contributed by atoms with Crippen LogP contribution in [0.3, 0.4) is 0 Å². The lowest BCUT2D eigenvalue weighted by atomic mass is 9.83. The minimum Gasteiger partial charge on any atom is -0.453 e. The summed E-state index contributed by atoms with van der Waals surface area (Å²) in [7, 11) is -4.54. The molecular weight excluding hydrogens is 661 g/mol. The normalized spacial score (nSPS) is 19.6. The lowest BCUT2D eigenvalue weighted by Gasteiger charge is -2.37. The summed E-state index contributed by atoms with van der Waals surface area (Å²) < 4.78 is 72.9. The van der Waals surface area contributed by atoms with Crippen LogP contribution in [-0.2, 0) is 32.5 Å². The molecule has 6 rings (SSSR count). The number of hydrogen-bond donors (Lipinski definition) is 2. The number of alkyl carbamates (subject to hydrolysis) is 1. The van der Waals surface area contributed by atoms with E-state index in [1.165, 1.54) is 13.2 Å². The highest BCUT2D eigenvalue weighted by Crippen LogP contribution is 2.53. The van der Waals surface area contributed by atoms with Crippen molar-refractivity contribution in [1.29, 1.82) is 0 Å². The molecule has 2 fully saturated rings. The summed E-state index contributed by atoms with van der Waals surface area (Å²) in [6.07, 6.45) is 8.58. The lowest BCUT2D eigenvalue weighted by molar-refractivity contribution is -0.138. The molecular formula is C35H41F3N4O6S. The number of benzene rings is 2. The number of aromatic nitrogens is 2. The number of alkyl halides is 3. The molecule has 1 aliphatic heterocycles. The van der Waals surface area contributed by atoms with Gasteiger partial charge in [-0.15, -0.1) is 0 Å². The van der Waals surface area contributed by atoms with Gasteiger partial charge in [-0.25, -0.2) is 9.78 Å². The molecule has 2 amide bonds. The molecule has 2 heterocycles. The molecule has 3 aliphatic rings. The highest BCUT2D eigenvalue weighted by molar-refractivity contribution is 7.88. The van der Waals surface area contributed by atoms with Crippen molar-refractivity contribution >= 4 is 22.1 Å². The van der Waals surface area contributed by atoms with Gasteiger partial charge >= 0.3 is 21.7 Å². The average molecular weight is 703 g/mol. The number of halogens is 3. The van der Waals surface area contributed by atoms with E-state index in [4.69, 9.17) is 4.74 Å². The third-order valence-electron chi connectivity index (χ3n) is 10.2.